The first-order valence-corrected chi connectivity index (χ1v) is 6.05. The molecule has 0 aromatic heterocycles. The Morgan fingerprint density at radius 2 is 2.05 bits per heavy atom. The Labute approximate surface area is 117 Å². The zero-order valence-corrected chi connectivity index (χ0v) is 11.6. The van der Waals surface area contributed by atoms with E-state index in [2.05, 4.69) is 15.4 Å². The minimum atomic E-state index is -0.461. The fraction of sp³-hybridized carbons (Fsp3) is 0.385. The summed E-state index contributed by atoms with van der Waals surface area (Å²) in [5.41, 5.74) is 7.09. The number of nitrogen functional groups attached to an aromatic ring is 1. The Morgan fingerprint density at radius 3 is 2.70 bits per heavy atom. The maximum Gasteiger partial charge on any atom is 0.337 e. The maximum absolute atomic E-state index is 11.5. The van der Waals surface area contributed by atoms with Crippen LogP contribution in [-0.4, -0.2) is 45.8 Å². The van der Waals surface area contributed by atoms with Crippen LogP contribution in [0.15, 0.2) is 18.2 Å². The molecule has 0 aliphatic carbocycles. The smallest absolute Gasteiger partial charge is 0.337 e. The van der Waals surface area contributed by atoms with Gasteiger partial charge in [0.2, 0.25) is 5.91 Å². The highest BCUT2D eigenvalue weighted by molar-refractivity contribution is 5.92. The van der Waals surface area contributed by atoms with E-state index in [1.54, 1.807) is 25.3 Å². The quantitative estimate of drug-likeness (QED) is 0.375. The number of anilines is 2. The summed E-state index contributed by atoms with van der Waals surface area (Å²) in [6, 6.07) is 4.69. The molecule has 1 amide bonds. The van der Waals surface area contributed by atoms with E-state index in [0.717, 1.165) is 0 Å². The molecule has 20 heavy (non-hydrogen) atoms. The van der Waals surface area contributed by atoms with Crippen molar-refractivity contribution in [2.24, 2.45) is 0 Å². The molecule has 0 heterocycles. The van der Waals surface area contributed by atoms with Gasteiger partial charge >= 0.3 is 5.97 Å². The first kappa shape index (κ1) is 15.8. The van der Waals surface area contributed by atoms with Crippen molar-refractivity contribution in [2.45, 2.75) is 0 Å². The first-order chi connectivity index (χ1) is 9.58. The van der Waals surface area contributed by atoms with Gasteiger partial charge in [-0.25, -0.2) is 4.79 Å². The molecule has 0 radical (unpaired) electrons. The number of benzene rings is 1. The lowest BCUT2D eigenvalue weighted by molar-refractivity contribution is -0.119. The van der Waals surface area contributed by atoms with Crippen molar-refractivity contribution in [3.05, 3.63) is 23.8 Å². The molecule has 110 valence electrons. The molecule has 0 atom stereocenters. The Balaban J connectivity index is 2.58. The summed E-state index contributed by atoms with van der Waals surface area (Å²) in [5.74, 6) is -0.650. The topological polar surface area (TPSA) is 103 Å². The predicted molar refractivity (Wildman–Crippen MR) is 75.6 cm³/mol. The van der Waals surface area contributed by atoms with Crippen molar-refractivity contribution in [1.82, 2.24) is 5.32 Å². The molecule has 0 aliphatic rings. The van der Waals surface area contributed by atoms with Gasteiger partial charge in [0.25, 0.3) is 0 Å². The van der Waals surface area contributed by atoms with Gasteiger partial charge in [-0.05, 0) is 18.2 Å². The van der Waals surface area contributed by atoms with Crippen molar-refractivity contribution in [3.8, 4) is 0 Å². The molecule has 7 heteroatoms. The van der Waals surface area contributed by atoms with Gasteiger partial charge < -0.3 is 25.8 Å². The third kappa shape index (κ3) is 4.77. The highest BCUT2D eigenvalue weighted by atomic mass is 16.5. The van der Waals surface area contributed by atoms with Crippen LogP contribution in [-0.2, 0) is 14.3 Å². The number of amides is 1. The van der Waals surface area contributed by atoms with E-state index in [-0.39, 0.29) is 12.5 Å². The van der Waals surface area contributed by atoms with Crippen LogP contribution >= 0.6 is 0 Å². The van der Waals surface area contributed by atoms with Gasteiger partial charge in [-0.1, -0.05) is 0 Å². The number of esters is 1. The largest absolute Gasteiger partial charge is 0.465 e. The van der Waals surface area contributed by atoms with Crippen LogP contribution in [0.4, 0.5) is 11.4 Å². The number of methoxy groups -OCH3 is 2. The standard InChI is InChI=1S/C13H19N3O4/c1-19-6-5-15-12(17)8-16-11-7-9(13(18)20-2)3-4-10(11)14/h3-4,7,16H,5-6,8,14H2,1-2H3,(H,15,17). The number of nitrogens with one attached hydrogen (secondary N) is 2. The van der Waals surface area contributed by atoms with E-state index in [4.69, 9.17) is 10.5 Å². The van der Waals surface area contributed by atoms with Crippen molar-refractivity contribution in [1.29, 1.82) is 0 Å². The molecule has 0 saturated heterocycles. The van der Waals surface area contributed by atoms with E-state index < -0.39 is 5.97 Å². The number of carbonyl (C=O) groups excluding carboxylic acids is 2. The summed E-state index contributed by atoms with van der Waals surface area (Å²) in [7, 11) is 2.86. The lowest BCUT2D eigenvalue weighted by Crippen LogP contribution is -2.32. The summed E-state index contributed by atoms with van der Waals surface area (Å²) in [4.78, 5) is 22.9. The fourth-order valence-corrected chi connectivity index (χ4v) is 1.48. The average molecular weight is 281 g/mol. The number of hydrogen-bond donors (Lipinski definition) is 3. The number of nitrogens with two attached hydrogens (primary N) is 1. The number of hydrogen-bond acceptors (Lipinski definition) is 6. The van der Waals surface area contributed by atoms with Crippen LogP contribution < -0.4 is 16.4 Å². The van der Waals surface area contributed by atoms with Gasteiger partial charge in [0, 0.05) is 13.7 Å². The summed E-state index contributed by atoms with van der Waals surface area (Å²) < 4.78 is 9.44. The van der Waals surface area contributed by atoms with Gasteiger partial charge in [-0.2, -0.15) is 0 Å². The molecule has 0 bridgehead atoms. The van der Waals surface area contributed by atoms with Crippen LogP contribution in [0.3, 0.4) is 0 Å². The van der Waals surface area contributed by atoms with Crippen LogP contribution in [0.5, 0.6) is 0 Å². The minimum Gasteiger partial charge on any atom is -0.465 e. The van der Waals surface area contributed by atoms with Gasteiger partial charge in [-0.15, -0.1) is 0 Å². The van der Waals surface area contributed by atoms with E-state index in [1.165, 1.54) is 7.11 Å². The van der Waals surface area contributed by atoms with E-state index >= 15 is 0 Å². The fourth-order valence-electron chi connectivity index (χ4n) is 1.48. The zero-order chi connectivity index (χ0) is 15.0. The van der Waals surface area contributed by atoms with Gasteiger partial charge in [0.15, 0.2) is 0 Å². The van der Waals surface area contributed by atoms with Crippen molar-refractivity contribution in [3.63, 3.8) is 0 Å². The molecule has 0 unspecified atom stereocenters. The van der Waals surface area contributed by atoms with Crippen LogP contribution in [0.1, 0.15) is 10.4 Å². The Kier molecular flexibility index (Phi) is 6.31. The lowest BCUT2D eigenvalue weighted by Gasteiger charge is -2.11. The van der Waals surface area contributed by atoms with Crippen LogP contribution in [0, 0.1) is 0 Å². The minimum absolute atomic E-state index is 0.0541. The van der Waals surface area contributed by atoms with Gasteiger partial charge in [-0.3, -0.25) is 4.79 Å². The molecular formula is C13H19N3O4. The lowest BCUT2D eigenvalue weighted by atomic mass is 10.1. The Morgan fingerprint density at radius 1 is 1.30 bits per heavy atom. The average Bonchev–Trinajstić information content (AvgIpc) is 2.46. The molecule has 0 fully saturated rings. The highest BCUT2D eigenvalue weighted by Crippen LogP contribution is 2.20. The van der Waals surface area contributed by atoms with Gasteiger partial charge in [0.05, 0.1) is 37.2 Å². The summed E-state index contributed by atoms with van der Waals surface area (Å²) in [6.45, 7) is 0.943. The SMILES string of the molecule is COCCNC(=O)CNc1cc(C(=O)OC)ccc1N. The number of ether oxygens (including phenoxy) is 2. The van der Waals surface area contributed by atoms with Crippen molar-refractivity contribution in [2.75, 3.05) is 45.0 Å². The molecule has 1 aromatic rings. The summed E-state index contributed by atoms with van der Waals surface area (Å²) in [5, 5.41) is 5.54. The van der Waals surface area contributed by atoms with E-state index in [0.29, 0.717) is 30.1 Å². The number of rotatable bonds is 7. The molecule has 1 rings (SSSR count). The molecule has 1 aromatic carbocycles. The van der Waals surface area contributed by atoms with Crippen LogP contribution in [0.2, 0.25) is 0 Å². The monoisotopic (exact) mass is 281 g/mol. The second kappa shape index (κ2) is 8.00. The zero-order valence-electron chi connectivity index (χ0n) is 11.6. The summed E-state index contributed by atoms with van der Waals surface area (Å²) >= 11 is 0. The molecule has 4 N–H and O–H groups in total. The maximum atomic E-state index is 11.5. The normalized spacial score (nSPS) is 9.90. The highest BCUT2D eigenvalue weighted by Gasteiger charge is 2.09. The third-order valence-electron chi connectivity index (χ3n) is 2.54. The van der Waals surface area contributed by atoms with E-state index in [1.807, 2.05) is 0 Å². The van der Waals surface area contributed by atoms with Crippen LogP contribution in [0.25, 0.3) is 0 Å². The third-order valence-corrected chi connectivity index (χ3v) is 2.54. The molecule has 7 nitrogen and oxygen atoms in total. The summed E-state index contributed by atoms with van der Waals surface area (Å²) in [6.07, 6.45) is 0. The van der Waals surface area contributed by atoms with Crippen molar-refractivity contribution < 1.29 is 19.1 Å². The number of carbonyl (C=O) groups is 2. The molecule has 0 saturated carbocycles. The Bertz CT molecular complexity index is 477. The molecular weight excluding hydrogens is 262 g/mol. The van der Waals surface area contributed by atoms with E-state index in [9.17, 15) is 9.59 Å². The second-order valence-electron chi connectivity index (χ2n) is 3.99. The second-order valence-corrected chi connectivity index (χ2v) is 3.99. The predicted octanol–water partition coefficient (Wildman–Crippen LogP) is 0.230. The Hall–Kier alpha value is -2.28. The van der Waals surface area contributed by atoms with Crippen molar-refractivity contribution >= 4 is 23.3 Å². The molecule has 0 aliphatic heterocycles. The van der Waals surface area contributed by atoms with Gasteiger partial charge in [0.1, 0.15) is 0 Å². The first-order valence-electron chi connectivity index (χ1n) is 6.05. The molecule has 0 spiro atoms.